The minimum absolute atomic E-state index is 0.102. The Hall–Kier alpha value is -1.39. The van der Waals surface area contributed by atoms with Crippen molar-refractivity contribution in [3.8, 4) is 0 Å². The van der Waals surface area contributed by atoms with Gasteiger partial charge >= 0.3 is 0 Å². The molecular formula is C13H20N2O2. The normalized spacial score (nSPS) is 14.1. The van der Waals surface area contributed by atoms with Gasteiger partial charge in [-0.2, -0.15) is 0 Å². The van der Waals surface area contributed by atoms with Gasteiger partial charge in [-0.15, -0.1) is 0 Å². The lowest BCUT2D eigenvalue weighted by Crippen LogP contribution is -2.40. The first-order chi connectivity index (χ1) is 8.10. The van der Waals surface area contributed by atoms with Crippen molar-refractivity contribution in [3.05, 3.63) is 29.8 Å². The van der Waals surface area contributed by atoms with Crippen LogP contribution in [0.15, 0.2) is 24.3 Å². The van der Waals surface area contributed by atoms with E-state index in [4.69, 9.17) is 10.8 Å². The van der Waals surface area contributed by atoms with Crippen LogP contribution >= 0.6 is 0 Å². The Morgan fingerprint density at radius 1 is 1.47 bits per heavy atom. The minimum Gasteiger partial charge on any atom is -0.392 e. The van der Waals surface area contributed by atoms with Crippen molar-refractivity contribution in [2.75, 3.05) is 5.32 Å². The summed E-state index contributed by atoms with van der Waals surface area (Å²) >= 11 is 0. The maximum absolute atomic E-state index is 11.9. The largest absolute Gasteiger partial charge is 0.392 e. The first-order valence-corrected chi connectivity index (χ1v) is 5.85. The van der Waals surface area contributed by atoms with Crippen molar-refractivity contribution in [3.63, 3.8) is 0 Å². The molecule has 0 heterocycles. The minimum atomic E-state index is -0.522. The molecule has 0 aliphatic heterocycles. The number of hydrogen-bond acceptors (Lipinski definition) is 3. The topological polar surface area (TPSA) is 75.4 Å². The summed E-state index contributed by atoms with van der Waals surface area (Å²) in [7, 11) is 0. The fourth-order valence-electron chi connectivity index (χ4n) is 1.51. The fraction of sp³-hybridized carbons (Fsp3) is 0.462. The van der Waals surface area contributed by atoms with E-state index in [0.717, 1.165) is 6.42 Å². The maximum Gasteiger partial charge on any atom is 0.241 e. The van der Waals surface area contributed by atoms with E-state index in [0.29, 0.717) is 11.3 Å². The third kappa shape index (κ3) is 3.54. The number of nitrogens with one attached hydrogen (secondary N) is 1. The second kappa shape index (κ2) is 6.37. The molecule has 1 rings (SSSR count). The number of aliphatic hydroxyl groups is 1. The molecule has 0 fully saturated rings. The number of nitrogens with two attached hydrogens (primary N) is 1. The summed E-state index contributed by atoms with van der Waals surface area (Å²) in [4.78, 5) is 11.9. The van der Waals surface area contributed by atoms with Crippen LogP contribution in [-0.2, 0) is 11.4 Å². The third-order valence-electron chi connectivity index (χ3n) is 3.01. The maximum atomic E-state index is 11.9. The predicted octanol–water partition coefficient (Wildman–Crippen LogP) is 1.49. The molecule has 2 atom stereocenters. The van der Waals surface area contributed by atoms with Gasteiger partial charge in [0, 0.05) is 11.3 Å². The van der Waals surface area contributed by atoms with E-state index in [2.05, 4.69) is 5.32 Å². The van der Waals surface area contributed by atoms with Gasteiger partial charge in [-0.05, 0) is 12.0 Å². The number of benzene rings is 1. The molecule has 0 spiro atoms. The lowest BCUT2D eigenvalue weighted by atomic mass is 9.99. The van der Waals surface area contributed by atoms with Crippen molar-refractivity contribution in [2.24, 2.45) is 11.7 Å². The van der Waals surface area contributed by atoms with Crippen LogP contribution < -0.4 is 11.1 Å². The van der Waals surface area contributed by atoms with Gasteiger partial charge in [0.25, 0.3) is 0 Å². The average molecular weight is 236 g/mol. The van der Waals surface area contributed by atoms with E-state index in [1.807, 2.05) is 26.0 Å². The zero-order chi connectivity index (χ0) is 12.8. The summed E-state index contributed by atoms with van der Waals surface area (Å²) in [5.41, 5.74) is 7.15. The molecule has 94 valence electrons. The Bertz CT molecular complexity index is 379. The second-order valence-electron chi connectivity index (χ2n) is 4.22. The Morgan fingerprint density at radius 3 is 2.71 bits per heavy atom. The van der Waals surface area contributed by atoms with E-state index in [9.17, 15) is 4.79 Å². The highest BCUT2D eigenvalue weighted by molar-refractivity contribution is 5.95. The standard InChI is InChI=1S/C13H20N2O2/c1-3-9(2)12(14)13(17)15-11-7-5-4-6-10(11)8-16/h4-7,9,12,16H,3,8,14H2,1-2H3,(H,15,17). The highest BCUT2D eigenvalue weighted by atomic mass is 16.3. The summed E-state index contributed by atoms with van der Waals surface area (Å²) in [5, 5.41) is 11.9. The monoisotopic (exact) mass is 236 g/mol. The van der Waals surface area contributed by atoms with Crippen LogP contribution in [0.5, 0.6) is 0 Å². The van der Waals surface area contributed by atoms with Crippen molar-refractivity contribution in [1.82, 2.24) is 0 Å². The Balaban J connectivity index is 2.74. The van der Waals surface area contributed by atoms with E-state index in [-0.39, 0.29) is 18.4 Å². The first-order valence-electron chi connectivity index (χ1n) is 5.85. The van der Waals surface area contributed by atoms with E-state index < -0.39 is 6.04 Å². The van der Waals surface area contributed by atoms with Crippen LogP contribution in [0, 0.1) is 5.92 Å². The zero-order valence-corrected chi connectivity index (χ0v) is 10.3. The van der Waals surface area contributed by atoms with Gasteiger partial charge < -0.3 is 16.2 Å². The third-order valence-corrected chi connectivity index (χ3v) is 3.01. The first kappa shape index (κ1) is 13.7. The molecule has 0 saturated heterocycles. The van der Waals surface area contributed by atoms with Crippen LogP contribution in [0.2, 0.25) is 0 Å². The molecular weight excluding hydrogens is 216 g/mol. The number of aliphatic hydroxyl groups excluding tert-OH is 1. The van der Waals surface area contributed by atoms with Crippen LogP contribution in [-0.4, -0.2) is 17.1 Å². The second-order valence-corrected chi connectivity index (χ2v) is 4.22. The van der Waals surface area contributed by atoms with Gasteiger partial charge in [-0.25, -0.2) is 0 Å². The summed E-state index contributed by atoms with van der Waals surface area (Å²) in [6.07, 6.45) is 0.857. The number of para-hydroxylation sites is 1. The number of anilines is 1. The zero-order valence-electron chi connectivity index (χ0n) is 10.3. The molecule has 1 amide bonds. The van der Waals surface area contributed by atoms with Gasteiger partial charge in [-0.3, -0.25) is 4.79 Å². The Labute approximate surface area is 102 Å². The fourth-order valence-corrected chi connectivity index (χ4v) is 1.51. The van der Waals surface area contributed by atoms with Gasteiger partial charge in [0.05, 0.1) is 12.6 Å². The van der Waals surface area contributed by atoms with Gasteiger partial charge in [-0.1, -0.05) is 38.5 Å². The van der Waals surface area contributed by atoms with Crippen LogP contribution in [0.3, 0.4) is 0 Å². The molecule has 4 N–H and O–H groups in total. The number of carbonyl (C=O) groups is 1. The molecule has 4 heteroatoms. The molecule has 4 nitrogen and oxygen atoms in total. The lowest BCUT2D eigenvalue weighted by molar-refractivity contribution is -0.118. The number of amides is 1. The van der Waals surface area contributed by atoms with Crippen molar-refractivity contribution in [2.45, 2.75) is 32.9 Å². The Morgan fingerprint density at radius 2 is 2.12 bits per heavy atom. The molecule has 0 aliphatic carbocycles. The molecule has 1 aromatic rings. The molecule has 17 heavy (non-hydrogen) atoms. The molecule has 0 aliphatic rings. The molecule has 0 radical (unpaired) electrons. The summed E-state index contributed by atoms with van der Waals surface area (Å²) in [6, 6.07) is 6.63. The lowest BCUT2D eigenvalue weighted by Gasteiger charge is -2.18. The van der Waals surface area contributed by atoms with Gasteiger partial charge in [0.1, 0.15) is 0 Å². The van der Waals surface area contributed by atoms with E-state index >= 15 is 0 Å². The van der Waals surface area contributed by atoms with Crippen LogP contribution in [0.4, 0.5) is 5.69 Å². The molecule has 1 aromatic carbocycles. The quantitative estimate of drug-likeness (QED) is 0.725. The van der Waals surface area contributed by atoms with Crippen molar-refractivity contribution in [1.29, 1.82) is 0 Å². The molecule has 0 aromatic heterocycles. The Kier molecular flexibility index (Phi) is 5.12. The predicted molar refractivity (Wildman–Crippen MR) is 68.4 cm³/mol. The van der Waals surface area contributed by atoms with E-state index in [1.165, 1.54) is 0 Å². The molecule has 2 unspecified atom stereocenters. The average Bonchev–Trinajstić information content (AvgIpc) is 2.37. The highest BCUT2D eigenvalue weighted by Gasteiger charge is 2.19. The number of rotatable bonds is 5. The summed E-state index contributed by atoms with van der Waals surface area (Å²) in [6.45, 7) is 3.84. The highest BCUT2D eigenvalue weighted by Crippen LogP contribution is 2.16. The summed E-state index contributed by atoms with van der Waals surface area (Å²) in [5.74, 6) is -0.0726. The van der Waals surface area contributed by atoms with Gasteiger partial charge in [0.15, 0.2) is 0 Å². The van der Waals surface area contributed by atoms with Crippen LogP contribution in [0.1, 0.15) is 25.8 Å². The van der Waals surface area contributed by atoms with Crippen molar-refractivity contribution >= 4 is 11.6 Å². The number of carbonyl (C=O) groups excluding carboxylic acids is 1. The van der Waals surface area contributed by atoms with E-state index in [1.54, 1.807) is 12.1 Å². The molecule has 0 saturated carbocycles. The summed E-state index contributed by atoms with van der Waals surface area (Å²) < 4.78 is 0. The van der Waals surface area contributed by atoms with Crippen LogP contribution in [0.25, 0.3) is 0 Å². The number of hydrogen-bond donors (Lipinski definition) is 3. The van der Waals surface area contributed by atoms with Gasteiger partial charge in [0.2, 0.25) is 5.91 Å². The SMILES string of the molecule is CCC(C)C(N)C(=O)Nc1ccccc1CO. The smallest absolute Gasteiger partial charge is 0.241 e. The van der Waals surface area contributed by atoms with Crippen molar-refractivity contribution < 1.29 is 9.90 Å². The molecule has 0 bridgehead atoms.